The average Bonchev–Trinajstić information content (AvgIpc) is 2.81. The molecule has 0 N–H and O–H groups in total. The molecule has 156 valence electrons. The van der Waals surface area contributed by atoms with Crippen LogP contribution in [0.3, 0.4) is 0 Å². The minimum Gasteiger partial charge on any atom is -0.339 e. The van der Waals surface area contributed by atoms with Crippen molar-refractivity contribution in [2.45, 2.75) is 26.2 Å². The molecule has 3 aromatic rings. The number of benzene rings is 2. The molecule has 5 nitrogen and oxygen atoms in total. The van der Waals surface area contributed by atoms with E-state index >= 15 is 0 Å². The SMILES string of the molecule is Cc1ccc(C(=O)N2CCC(C#N)(Cc3ccc(F)cc3)CC2)c(-c2ccncn2)c1. The number of carbonyl (C=O) groups is 1. The summed E-state index contributed by atoms with van der Waals surface area (Å²) >= 11 is 0. The monoisotopic (exact) mass is 414 g/mol. The number of hydrogen-bond acceptors (Lipinski definition) is 4. The number of piperidine rings is 1. The van der Waals surface area contributed by atoms with Gasteiger partial charge in [0.1, 0.15) is 12.1 Å². The summed E-state index contributed by atoms with van der Waals surface area (Å²) in [5.41, 5.74) is 3.54. The average molecular weight is 414 g/mol. The first-order chi connectivity index (χ1) is 15.0. The van der Waals surface area contributed by atoms with E-state index in [2.05, 4.69) is 16.0 Å². The number of nitriles is 1. The van der Waals surface area contributed by atoms with Crippen LogP contribution in [-0.2, 0) is 6.42 Å². The van der Waals surface area contributed by atoms with Crippen molar-refractivity contribution in [3.63, 3.8) is 0 Å². The molecule has 6 heteroatoms. The molecule has 4 rings (SSSR count). The van der Waals surface area contributed by atoms with Gasteiger partial charge in [-0.15, -0.1) is 0 Å². The lowest BCUT2D eigenvalue weighted by Crippen LogP contribution is -2.43. The molecule has 0 radical (unpaired) electrons. The second kappa shape index (κ2) is 8.65. The van der Waals surface area contributed by atoms with Crippen molar-refractivity contribution in [2.75, 3.05) is 13.1 Å². The van der Waals surface area contributed by atoms with Crippen LogP contribution < -0.4 is 0 Å². The Hall–Kier alpha value is -3.59. The predicted molar refractivity (Wildman–Crippen MR) is 115 cm³/mol. The van der Waals surface area contributed by atoms with E-state index in [4.69, 9.17) is 0 Å². The third kappa shape index (κ3) is 4.46. The van der Waals surface area contributed by atoms with E-state index in [1.807, 2.05) is 30.0 Å². The maximum absolute atomic E-state index is 13.4. The number of rotatable bonds is 4. The molecule has 0 saturated carbocycles. The van der Waals surface area contributed by atoms with Crippen LogP contribution in [0.5, 0.6) is 0 Å². The summed E-state index contributed by atoms with van der Waals surface area (Å²) in [4.78, 5) is 23.5. The fraction of sp³-hybridized carbons (Fsp3) is 0.280. The van der Waals surface area contributed by atoms with Crippen molar-refractivity contribution in [3.8, 4) is 17.3 Å². The molecular weight excluding hydrogens is 391 g/mol. The summed E-state index contributed by atoms with van der Waals surface area (Å²) in [5, 5.41) is 9.88. The molecule has 0 bridgehead atoms. The Kier molecular flexibility index (Phi) is 5.77. The zero-order chi connectivity index (χ0) is 21.8. The Morgan fingerprint density at radius 3 is 2.55 bits per heavy atom. The highest BCUT2D eigenvalue weighted by Gasteiger charge is 2.37. The van der Waals surface area contributed by atoms with Gasteiger partial charge < -0.3 is 4.90 Å². The molecule has 1 aliphatic heterocycles. The molecule has 1 saturated heterocycles. The van der Waals surface area contributed by atoms with Crippen LogP contribution in [0, 0.1) is 29.5 Å². The van der Waals surface area contributed by atoms with E-state index in [1.54, 1.807) is 24.4 Å². The van der Waals surface area contributed by atoms with Crippen molar-refractivity contribution >= 4 is 5.91 Å². The lowest BCUT2D eigenvalue weighted by molar-refractivity contribution is 0.0648. The Labute approximate surface area is 181 Å². The number of hydrogen-bond donors (Lipinski definition) is 0. The van der Waals surface area contributed by atoms with Gasteiger partial charge in [0.05, 0.1) is 17.2 Å². The smallest absolute Gasteiger partial charge is 0.254 e. The number of halogens is 1. The number of nitrogens with zero attached hydrogens (tertiary/aromatic N) is 4. The van der Waals surface area contributed by atoms with Crippen molar-refractivity contribution in [3.05, 3.63) is 83.6 Å². The Balaban J connectivity index is 1.52. The van der Waals surface area contributed by atoms with Gasteiger partial charge in [-0.1, -0.05) is 23.8 Å². The Morgan fingerprint density at radius 1 is 1.16 bits per heavy atom. The van der Waals surface area contributed by atoms with Gasteiger partial charge in [-0.2, -0.15) is 5.26 Å². The van der Waals surface area contributed by atoms with Crippen LogP contribution >= 0.6 is 0 Å². The van der Waals surface area contributed by atoms with Crippen LogP contribution in [0.25, 0.3) is 11.3 Å². The maximum Gasteiger partial charge on any atom is 0.254 e. The molecule has 1 amide bonds. The van der Waals surface area contributed by atoms with E-state index in [1.165, 1.54) is 18.5 Å². The molecule has 2 aromatic carbocycles. The minimum atomic E-state index is -0.544. The first kappa shape index (κ1) is 20.7. The van der Waals surface area contributed by atoms with Crippen molar-refractivity contribution in [2.24, 2.45) is 5.41 Å². The van der Waals surface area contributed by atoms with Crippen LogP contribution in [0.15, 0.2) is 61.1 Å². The third-order valence-corrected chi connectivity index (χ3v) is 5.96. The second-order valence-electron chi connectivity index (χ2n) is 8.13. The number of likely N-dealkylation sites (tertiary alicyclic amines) is 1. The second-order valence-corrected chi connectivity index (χ2v) is 8.13. The summed E-state index contributed by atoms with van der Waals surface area (Å²) in [7, 11) is 0. The van der Waals surface area contributed by atoms with Crippen LogP contribution in [0.1, 0.15) is 34.3 Å². The van der Waals surface area contributed by atoms with Crippen LogP contribution in [0.4, 0.5) is 4.39 Å². The topological polar surface area (TPSA) is 69.9 Å². The summed E-state index contributed by atoms with van der Waals surface area (Å²) in [6.45, 7) is 2.99. The van der Waals surface area contributed by atoms with Gasteiger partial charge in [0.15, 0.2) is 0 Å². The molecule has 0 unspecified atom stereocenters. The molecule has 1 aromatic heterocycles. The van der Waals surface area contributed by atoms with Crippen molar-refractivity contribution in [1.82, 2.24) is 14.9 Å². The predicted octanol–water partition coefficient (Wildman–Crippen LogP) is 4.58. The van der Waals surface area contributed by atoms with Gasteiger partial charge >= 0.3 is 0 Å². The minimum absolute atomic E-state index is 0.0538. The first-order valence-corrected chi connectivity index (χ1v) is 10.3. The van der Waals surface area contributed by atoms with Gasteiger partial charge in [-0.25, -0.2) is 14.4 Å². The molecule has 0 atom stereocenters. The molecule has 2 heterocycles. The highest BCUT2D eigenvalue weighted by Crippen LogP contribution is 2.35. The molecule has 0 aliphatic carbocycles. The number of carbonyl (C=O) groups excluding carboxylic acids is 1. The highest BCUT2D eigenvalue weighted by molar-refractivity contribution is 6.00. The highest BCUT2D eigenvalue weighted by atomic mass is 19.1. The van der Waals surface area contributed by atoms with E-state index in [9.17, 15) is 14.4 Å². The molecule has 1 fully saturated rings. The van der Waals surface area contributed by atoms with Gasteiger partial charge in [-0.05, 0) is 62.1 Å². The zero-order valence-electron chi connectivity index (χ0n) is 17.4. The summed E-state index contributed by atoms with van der Waals surface area (Å²) in [5.74, 6) is -0.338. The van der Waals surface area contributed by atoms with E-state index in [-0.39, 0.29) is 11.7 Å². The normalized spacial score (nSPS) is 15.3. The lowest BCUT2D eigenvalue weighted by atomic mass is 9.75. The van der Waals surface area contributed by atoms with Gasteiger partial charge in [0.25, 0.3) is 5.91 Å². The maximum atomic E-state index is 13.4. The fourth-order valence-corrected chi connectivity index (χ4v) is 4.14. The Morgan fingerprint density at radius 2 is 1.90 bits per heavy atom. The molecule has 31 heavy (non-hydrogen) atoms. The van der Waals surface area contributed by atoms with E-state index in [0.29, 0.717) is 43.6 Å². The lowest BCUT2D eigenvalue weighted by Gasteiger charge is -2.37. The van der Waals surface area contributed by atoms with Gasteiger partial charge in [-0.3, -0.25) is 4.79 Å². The van der Waals surface area contributed by atoms with E-state index < -0.39 is 5.41 Å². The standard InChI is InChI=1S/C25H23FN4O/c1-18-2-7-21(22(14-18)23-8-11-28-17-29-23)24(31)30-12-9-25(16-27,10-13-30)15-19-3-5-20(26)6-4-19/h2-8,11,14,17H,9-10,12-13,15H2,1H3. The zero-order valence-corrected chi connectivity index (χ0v) is 17.4. The fourth-order valence-electron chi connectivity index (χ4n) is 4.14. The molecule has 0 spiro atoms. The quantitative estimate of drug-likeness (QED) is 0.627. The largest absolute Gasteiger partial charge is 0.339 e. The Bertz CT molecular complexity index is 1110. The van der Waals surface area contributed by atoms with Crippen LogP contribution in [0.2, 0.25) is 0 Å². The molecule has 1 aliphatic rings. The summed E-state index contributed by atoms with van der Waals surface area (Å²) < 4.78 is 13.2. The van der Waals surface area contributed by atoms with Crippen molar-refractivity contribution < 1.29 is 9.18 Å². The number of aryl methyl sites for hydroxylation is 1. The van der Waals surface area contributed by atoms with Gasteiger partial charge in [0, 0.05) is 30.4 Å². The summed E-state index contributed by atoms with van der Waals surface area (Å²) in [6.07, 6.45) is 4.87. The van der Waals surface area contributed by atoms with Crippen LogP contribution in [-0.4, -0.2) is 33.9 Å². The van der Waals surface area contributed by atoms with E-state index in [0.717, 1.165) is 16.7 Å². The first-order valence-electron chi connectivity index (χ1n) is 10.3. The number of amides is 1. The molecular formula is C25H23FN4O. The van der Waals surface area contributed by atoms with Gasteiger partial charge in [0.2, 0.25) is 0 Å². The summed E-state index contributed by atoms with van der Waals surface area (Å²) in [6, 6.07) is 16.3. The third-order valence-electron chi connectivity index (χ3n) is 5.96. The van der Waals surface area contributed by atoms with Crippen molar-refractivity contribution in [1.29, 1.82) is 5.26 Å². The number of aromatic nitrogens is 2.